The van der Waals surface area contributed by atoms with Gasteiger partial charge in [0.2, 0.25) is 0 Å². The molecular weight excluding hydrogens is 444 g/mol. The van der Waals surface area contributed by atoms with Gasteiger partial charge in [0.1, 0.15) is 12.1 Å². The lowest BCUT2D eigenvalue weighted by Gasteiger charge is -2.19. The quantitative estimate of drug-likeness (QED) is 0.333. The fraction of sp³-hybridized carbons (Fsp3) is 0.240. The Labute approximate surface area is 200 Å². The summed E-state index contributed by atoms with van der Waals surface area (Å²) in [4.78, 5) is 31.3. The Morgan fingerprint density at radius 1 is 1.23 bits per heavy atom. The van der Waals surface area contributed by atoms with Gasteiger partial charge in [-0.05, 0) is 43.2 Å². The van der Waals surface area contributed by atoms with E-state index in [1.54, 1.807) is 24.7 Å². The lowest BCUT2D eigenvalue weighted by atomic mass is 9.98. The third kappa shape index (κ3) is 3.82. The molecule has 0 aliphatic carbocycles. The first kappa shape index (κ1) is 21.1. The number of anilines is 2. The fourth-order valence-electron chi connectivity index (χ4n) is 4.70. The summed E-state index contributed by atoms with van der Waals surface area (Å²) in [5, 5.41) is 11.0. The van der Waals surface area contributed by atoms with Crippen LogP contribution in [0.4, 0.5) is 11.5 Å². The van der Waals surface area contributed by atoms with Crippen LogP contribution in [0.5, 0.6) is 6.01 Å². The molecule has 2 aromatic carbocycles. The van der Waals surface area contributed by atoms with Crippen molar-refractivity contribution >= 4 is 39.5 Å². The molecule has 0 fully saturated rings. The van der Waals surface area contributed by atoms with Crippen molar-refractivity contribution < 1.29 is 9.53 Å². The van der Waals surface area contributed by atoms with Crippen LogP contribution >= 0.6 is 0 Å². The zero-order chi connectivity index (χ0) is 23.8. The molecule has 0 radical (unpaired) electrons. The van der Waals surface area contributed by atoms with Crippen molar-refractivity contribution in [2.75, 3.05) is 24.6 Å². The zero-order valence-electron chi connectivity index (χ0n) is 19.2. The second kappa shape index (κ2) is 8.71. The molecule has 10 nitrogen and oxygen atoms in total. The predicted molar refractivity (Wildman–Crippen MR) is 132 cm³/mol. The summed E-state index contributed by atoms with van der Waals surface area (Å²) in [6.45, 7) is 3.76. The van der Waals surface area contributed by atoms with E-state index in [1.165, 1.54) is 5.56 Å². The first-order valence-corrected chi connectivity index (χ1v) is 11.6. The molecule has 3 aromatic heterocycles. The number of nitrogens with one attached hydrogen (secondary N) is 3. The normalized spacial score (nSPS) is 15.0. The maximum absolute atomic E-state index is 12.8. The number of carbonyl (C=O) groups excluding carboxylic acids is 1. The summed E-state index contributed by atoms with van der Waals surface area (Å²) in [6.07, 6.45) is 4.12. The number of aromatic nitrogens is 6. The largest absolute Gasteiger partial charge is 0.465 e. The van der Waals surface area contributed by atoms with E-state index in [-0.39, 0.29) is 11.8 Å². The van der Waals surface area contributed by atoms with Crippen LogP contribution in [0.2, 0.25) is 0 Å². The molecule has 1 unspecified atom stereocenters. The Morgan fingerprint density at radius 3 is 3.06 bits per heavy atom. The molecule has 176 valence electrons. The number of carbonyl (C=O) groups is 1. The predicted octanol–water partition coefficient (Wildman–Crippen LogP) is 3.68. The van der Waals surface area contributed by atoms with E-state index in [9.17, 15) is 4.79 Å². The van der Waals surface area contributed by atoms with Gasteiger partial charge >= 0.3 is 0 Å². The van der Waals surface area contributed by atoms with Crippen molar-refractivity contribution in [1.82, 2.24) is 35.5 Å². The van der Waals surface area contributed by atoms with Gasteiger partial charge in [-0.15, -0.1) is 0 Å². The minimum atomic E-state index is -0.112. The van der Waals surface area contributed by atoms with E-state index in [4.69, 9.17) is 4.74 Å². The molecule has 0 bridgehead atoms. The maximum Gasteiger partial charge on any atom is 0.294 e. The minimum Gasteiger partial charge on any atom is -0.465 e. The van der Waals surface area contributed by atoms with Crippen molar-refractivity contribution in [3.05, 3.63) is 66.1 Å². The lowest BCUT2D eigenvalue weighted by Crippen LogP contribution is -2.26. The maximum atomic E-state index is 12.8. The molecule has 35 heavy (non-hydrogen) atoms. The first-order valence-electron chi connectivity index (χ1n) is 11.6. The highest BCUT2D eigenvalue weighted by molar-refractivity contribution is 5.97. The smallest absolute Gasteiger partial charge is 0.294 e. The molecule has 1 aliphatic rings. The number of nitrogens with zero attached hydrogens (tertiary/aromatic N) is 5. The van der Waals surface area contributed by atoms with Gasteiger partial charge in [-0.3, -0.25) is 9.89 Å². The van der Waals surface area contributed by atoms with Gasteiger partial charge in [0.15, 0.2) is 5.65 Å². The Balaban J connectivity index is 1.16. The summed E-state index contributed by atoms with van der Waals surface area (Å²) >= 11 is 0. The van der Waals surface area contributed by atoms with Crippen LogP contribution in [0.15, 0.2) is 55.0 Å². The van der Waals surface area contributed by atoms with E-state index in [2.05, 4.69) is 58.5 Å². The summed E-state index contributed by atoms with van der Waals surface area (Å²) in [5.74, 6) is 0.979. The average Bonchev–Trinajstić information content (AvgIpc) is 3.60. The van der Waals surface area contributed by atoms with E-state index >= 15 is 0 Å². The summed E-state index contributed by atoms with van der Waals surface area (Å²) in [7, 11) is 0. The number of imidazole rings is 1. The first-order chi connectivity index (χ1) is 17.2. The Bertz CT molecular complexity index is 1520. The van der Waals surface area contributed by atoms with Crippen LogP contribution in [0.1, 0.15) is 35.2 Å². The van der Waals surface area contributed by atoms with Gasteiger partial charge < -0.3 is 19.9 Å². The van der Waals surface area contributed by atoms with E-state index in [0.29, 0.717) is 30.4 Å². The van der Waals surface area contributed by atoms with Crippen molar-refractivity contribution in [3.8, 4) is 6.01 Å². The molecule has 10 heteroatoms. The number of benzene rings is 2. The Morgan fingerprint density at radius 2 is 2.14 bits per heavy atom. The standard InChI is InChI=1S/C25H24N8O2/c1-2-35-25-30-19-8-7-15(11-20(19)31-25)24(34)26-10-9-16-13-33(21-6-4-3-5-17(16)21)23-18-12-29-32-22(18)27-14-28-23/h3-8,11-12,14,16H,2,9-10,13H2,1H3,(H,26,34)(H,30,31)(H,27,28,29,32). The second-order valence-corrected chi connectivity index (χ2v) is 8.45. The van der Waals surface area contributed by atoms with Crippen LogP contribution in [-0.2, 0) is 0 Å². The minimum absolute atomic E-state index is 0.112. The van der Waals surface area contributed by atoms with Gasteiger partial charge in [-0.2, -0.15) is 10.1 Å². The van der Waals surface area contributed by atoms with Gasteiger partial charge in [-0.1, -0.05) is 18.2 Å². The number of ether oxygens (including phenoxy) is 1. The van der Waals surface area contributed by atoms with Crippen molar-refractivity contribution in [2.24, 2.45) is 0 Å². The lowest BCUT2D eigenvalue weighted by molar-refractivity contribution is 0.0952. The molecule has 4 heterocycles. The third-order valence-corrected chi connectivity index (χ3v) is 6.33. The van der Waals surface area contributed by atoms with Gasteiger partial charge in [-0.25, -0.2) is 9.97 Å². The number of hydrogen-bond acceptors (Lipinski definition) is 7. The Hall–Kier alpha value is -4.47. The number of hydrogen-bond donors (Lipinski definition) is 3. The number of rotatable bonds is 7. The van der Waals surface area contributed by atoms with Crippen molar-refractivity contribution in [3.63, 3.8) is 0 Å². The van der Waals surface area contributed by atoms with Crippen LogP contribution < -0.4 is 15.0 Å². The number of H-pyrrole nitrogens is 2. The van der Waals surface area contributed by atoms with Crippen molar-refractivity contribution in [1.29, 1.82) is 0 Å². The average molecular weight is 469 g/mol. The van der Waals surface area contributed by atoms with Crippen LogP contribution in [-0.4, -0.2) is 55.7 Å². The SMILES string of the molecule is CCOc1nc2ccc(C(=O)NCCC3CN(c4ncnc5[nH]ncc45)c4ccccc43)cc2[nH]1. The molecule has 1 amide bonds. The zero-order valence-corrected chi connectivity index (χ0v) is 19.2. The topological polar surface area (TPSA) is 125 Å². The highest BCUT2D eigenvalue weighted by atomic mass is 16.5. The highest BCUT2D eigenvalue weighted by Gasteiger charge is 2.31. The number of para-hydroxylation sites is 1. The fourth-order valence-corrected chi connectivity index (χ4v) is 4.70. The van der Waals surface area contributed by atoms with E-state index in [1.807, 2.05) is 19.1 Å². The molecule has 5 aromatic rings. The molecule has 0 saturated carbocycles. The van der Waals surface area contributed by atoms with Gasteiger partial charge in [0, 0.05) is 30.3 Å². The van der Waals surface area contributed by atoms with Crippen LogP contribution in [0.25, 0.3) is 22.1 Å². The molecule has 0 spiro atoms. The molecule has 3 N–H and O–H groups in total. The van der Waals surface area contributed by atoms with Crippen LogP contribution in [0, 0.1) is 0 Å². The molecule has 6 rings (SSSR count). The molecular formula is C25H24N8O2. The summed E-state index contributed by atoms with van der Waals surface area (Å²) < 4.78 is 5.42. The molecule has 1 aliphatic heterocycles. The highest BCUT2D eigenvalue weighted by Crippen LogP contribution is 2.42. The number of amides is 1. The van der Waals surface area contributed by atoms with Crippen molar-refractivity contribution in [2.45, 2.75) is 19.3 Å². The molecule has 0 saturated heterocycles. The van der Waals surface area contributed by atoms with E-state index < -0.39 is 0 Å². The third-order valence-electron chi connectivity index (χ3n) is 6.33. The monoisotopic (exact) mass is 468 g/mol. The second-order valence-electron chi connectivity index (χ2n) is 8.45. The Kier molecular flexibility index (Phi) is 5.25. The number of aromatic amines is 2. The summed E-state index contributed by atoms with van der Waals surface area (Å²) in [5.41, 5.74) is 5.21. The van der Waals surface area contributed by atoms with Crippen LogP contribution in [0.3, 0.4) is 0 Å². The van der Waals surface area contributed by atoms with Gasteiger partial charge in [0.25, 0.3) is 11.9 Å². The molecule has 1 atom stereocenters. The van der Waals surface area contributed by atoms with Gasteiger partial charge in [0.05, 0.1) is 29.2 Å². The number of fused-ring (bicyclic) bond motifs is 3. The summed E-state index contributed by atoms with van der Waals surface area (Å²) in [6, 6.07) is 14.2. The van der Waals surface area contributed by atoms with E-state index in [0.717, 1.165) is 40.9 Å².